The molecule has 2 aromatic carbocycles. The Morgan fingerprint density at radius 3 is 1.76 bits per heavy atom. The average molecular weight is 444 g/mol. The van der Waals surface area contributed by atoms with Gasteiger partial charge in [-0.05, 0) is 55.0 Å². The molecule has 2 aromatic rings. The molecule has 0 unspecified atom stereocenters. The van der Waals surface area contributed by atoms with Gasteiger partial charge in [0.2, 0.25) is 5.91 Å². The third kappa shape index (κ3) is 8.35. The molecule has 3 rings (SSSR count). The summed E-state index contributed by atoms with van der Waals surface area (Å²) in [7, 11) is 0. The van der Waals surface area contributed by atoms with Gasteiger partial charge in [-0.15, -0.1) is 0 Å². The van der Waals surface area contributed by atoms with Crippen LogP contribution < -0.4 is 5.32 Å². The van der Waals surface area contributed by atoms with E-state index in [1.807, 2.05) is 24.3 Å². The van der Waals surface area contributed by atoms with Crippen molar-refractivity contribution in [3.63, 3.8) is 0 Å². The summed E-state index contributed by atoms with van der Waals surface area (Å²) in [4.78, 5) is 13.5. The zero-order valence-electron chi connectivity index (χ0n) is 20.6. The van der Waals surface area contributed by atoms with Gasteiger partial charge in [0.1, 0.15) is 0 Å². The van der Waals surface area contributed by atoms with Crippen LogP contribution in [0.4, 0.5) is 0 Å². The maximum absolute atomic E-state index is 13.5. The zero-order valence-corrected chi connectivity index (χ0v) is 20.6. The molecule has 0 aromatic heterocycles. The monoisotopic (exact) mass is 443 g/mol. The van der Waals surface area contributed by atoms with Crippen molar-refractivity contribution >= 4 is 17.6 Å². The molecule has 1 N–H and O–H groups in total. The van der Waals surface area contributed by atoms with E-state index in [4.69, 9.17) is 0 Å². The quantitative estimate of drug-likeness (QED) is 0.461. The largest absolute Gasteiger partial charge is 0.326 e. The van der Waals surface area contributed by atoms with E-state index in [0.29, 0.717) is 0 Å². The third-order valence-corrected chi connectivity index (χ3v) is 7.02. The van der Waals surface area contributed by atoms with E-state index in [0.717, 1.165) is 42.5 Å². The molecule has 176 valence electrons. The first-order valence-corrected chi connectivity index (χ1v) is 13.0. The lowest BCUT2D eigenvalue weighted by atomic mass is 9.91. The summed E-state index contributed by atoms with van der Waals surface area (Å²) < 4.78 is 0. The lowest BCUT2D eigenvalue weighted by Crippen LogP contribution is -2.31. The minimum Gasteiger partial charge on any atom is -0.326 e. The lowest BCUT2D eigenvalue weighted by molar-refractivity contribution is -0.124. The van der Waals surface area contributed by atoms with E-state index >= 15 is 0 Å². The molecule has 0 saturated heterocycles. The van der Waals surface area contributed by atoms with Gasteiger partial charge in [0.05, 0.1) is 0 Å². The van der Waals surface area contributed by atoms with Crippen LogP contribution in [-0.2, 0) is 4.79 Å². The molecule has 1 amide bonds. The Hall–Kier alpha value is -2.61. The normalized spacial score (nSPS) is 17.9. The lowest BCUT2D eigenvalue weighted by Gasteiger charge is -2.20. The van der Waals surface area contributed by atoms with Crippen LogP contribution in [0.25, 0.3) is 11.6 Å². The third-order valence-electron chi connectivity index (χ3n) is 7.02. The fourth-order valence-corrected chi connectivity index (χ4v) is 4.72. The van der Waals surface area contributed by atoms with E-state index < -0.39 is 0 Å². The number of carbonyl (C=O) groups is 1. The van der Waals surface area contributed by atoms with Crippen molar-refractivity contribution in [3.8, 4) is 0 Å². The van der Waals surface area contributed by atoms with Gasteiger partial charge < -0.3 is 5.32 Å². The van der Waals surface area contributed by atoms with Gasteiger partial charge in [0.25, 0.3) is 0 Å². The van der Waals surface area contributed by atoms with Crippen molar-refractivity contribution < 1.29 is 4.79 Å². The summed E-state index contributed by atoms with van der Waals surface area (Å²) in [5, 5.41) is 3.36. The van der Waals surface area contributed by atoms with Crippen molar-refractivity contribution in [3.05, 3.63) is 83.1 Å². The number of rotatable bonds is 5. The highest BCUT2D eigenvalue weighted by Crippen LogP contribution is 2.26. The SMILES string of the molecule is CC(C(=Cc1ccccc1)NC(=O)C1CCCCCCCCCCC1)=C(C)c1ccccc1. The van der Waals surface area contributed by atoms with Gasteiger partial charge >= 0.3 is 0 Å². The summed E-state index contributed by atoms with van der Waals surface area (Å²) in [6, 6.07) is 20.7. The first kappa shape index (κ1) is 25.0. The molecule has 0 bridgehead atoms. The van der Waals surface area contributed by atoms with Crippen LogP contribution in [0.2, 0.25) is 0 Å². The number of benzene rings is 2. The molecule has 0 spiro atoms. The van der Waals surface area contributed by atoms with E-state index in [2.05, 4.69) is 61.6 Å². The second-order valence-electron chi connectivity index (χ2n) is 9.53. The second kappa shape index (κ2) is 13.8. The highest BCUT2D eigenvalue weighted by atomic mass is 16.1. The highest BCUT2D eigenvalue weighted by molar-refractivity contribution is 5.84. The smallest absolute Gasteiger partial charge is 0.227 e. The predicted octanol–water partition coefficient (Wildman–Crippen LogP) is 8.56. The number of carbonyl (C=O) groups excluding carboxylic acids is 1. The number of allylic oxidation sites excluding steroid dienone is 2. The number of nitrogens with one attached hydrogen (secondary N) is 1. The van der Waals surface area contributed by atoms with Crippen molar-refractivity contribution in [2.75, 3.05) is 0 Å². The molecule has 2 heteroatoms. The molecule has 0 atom stereocenters. The topological polar surface area (TPSA) is 29.1 Å². The molecule has 1 saturated carbocycles. The van der Waals surface area contributed by atoms with E-state index in [-0.39, 0.29) is 11.8 Å². The zero-order chi connectivity index (χ0) is 23.3. The maximum Gasteiger partial charge on any atom is 0.227 e. The maximum atomic E-state index is 13.5. The Morgan fingerprint density at radius 2 is 1.21 bits per heavy atom. The van der Waals surface area contributed by atoms with E-state index in [9.17, 15) is 4.79 Å². The highest BCUT2D eigenvalue weighted by Gasteiger charge is 2.20. The Labute approximate surface area is 201 Å². The minimum atomic E-state index is 0.105. The Balaban J connectivity index is 1.82. The molecule has 1 aliphatic rings. The molecule has 2 nitrogen and oxygen atoms in total. The Bertz CT molecular complexity index is 898. The van der Waals surface area contributed by atoms with Crippen molar-refractivity contribution in [2.24, 2.45) is 5.92 Å². The predicted molar refractivity (Wildman–Crippen MR) is 142 cm³/mol. The standard InChI is InChI=1S/C31H41NO/c1-25(28-20-16-11-17-21-28)26(2)30(24-27-18-12-10-13-19-27)32-31(33)29-22-14-8-6-4-3-5-7-9-15-23-29/h10-13,16-21,24,29H,3-9,14-15,22-23H2,1-2H3,(H,32,33). The van der Waals surface area contributed by atoms with Crippen LogP contribution in [0.5, 0.6) is 0 Å². The van der Waals surface area contributed by atoms with Gasteiger partial charge in [-0.25, -0.2) is 0 Å². The summed E-state index contributed by atoms with van der Waals surface area (Å²) in [5.41, 5.74) is 5.52. The van der Waals surface area contributed by atoms with Crippen LogP contribution in [-0.4, -0.2) is 5.91 Å². The summed E-state index contributed by atoms with van der Waals surface area (Å²) in [5.74, 6) is 0.294. The van der Waals surface area contributed by atoms with Gasteiger partial charge in [0.15, 0.2) is 0 Å². The van der Waals surface area contributed by atoms with Crippen LogP contribution >= 0.6 is 0 Å². The Kier molecular flexibility index (Phi) is 10.5. The fraction of sp³-hybridized carbons (Fsp3) is 0.452. The fourth-order valence-electron chi connectivity index (χ4n) is 4.72. The van der Waals surface area contributed by atoms with Crippen LogP contribution in [0.3, 0.4) is 0 Å². The van der Waals surface area contributed by atoms with Crippen LogP contribution in [0.1, 0.15) is 95.6 Å². The van der Waals surface area contributed by atoms with Gasteiger partial charge in [-0.3, -0.25) is 4.79 Å². The molecule has 0 aliphatic heterocycles. The number of hydrogen-bond acceptors (Lipinski definition) is 1. The van der Waals surface area contributed by atoms with Crippen LogP contribution in [0.15, 0.2) is 71.9 Å². The summed E-state index contributed by atoms with van der Waals surface area (Å²) >= 11 is 0. The van der Waals surface area contributed by atoms with Crippen molar-refractivity contribution in [1.29, 1.82) is 0 Å². The van der Waals surface area contributed by atoms with Gasteiger partial charge in [-0.2, -0.15) is 0 Å². The van der Waals surface area contributed by atoms with E-state index in [1.165, 1.54) is 56.1 Å². The average Bonchev–Trinajstić information content (AvgIpc) is 2.84. The molecular formula is C31H41NO. The van der Waals surface area contributed by atoms with Gasteiger partial charge in [-0.1, -0.05) is 118 Å². The molecule has 1 aliphatic carbocycles. The molecule has 0 heterocycles. The molecule has 1 fully saturated rings. The summed E-state index contributed by atoms with van der Waals surface area (Å²) in [6.45, 7) is 4.27. The number of hydrogen-bond donors (Lipinski definition) is 1. The van der Waals surface area contributed by atoms with Crippen LogP contribution in [0, 0.1) is 5.92 Å². The molecule has 33 heavy (non-hydrogen) atoms. The molecule has 0 radical (unpaired) electrons. The number of amides is 1. The minimum absolute atomic E-state index is 0.105. The van der Waals surface area contributed by atoms with E-state index in [1.54, 1.807) is 0 Å². The summed E-state index contributed by atoms with van der Waals surface area (Å²) in [6.07, 6.45) is 15.7. The van der Waals surface area contributed by atoms with Gasteiger partial charge in [0, 0.05) is 11.6 Å². The first-order valence-electron chi connectivity index (χ1n) is 13.0. The Morgan fingerprint density at radius 1 is 0.727 bits per heavy atom. The first-order chi connectivity index (χ1) is 16.1. The second-order valence-corrected chi connectivity index (χ2v) is 9.53. The molecular weight excluding hydrogens is 402 g/mol. The van der Waals surface area contributed by atoms with Crippen molar-refractivity contribution in [1.82, 2.24) is 5.32 Å². The van der Waals surface area contributed by atoms with Crippen molar-refractivity contribution in [2.45, 2.75) is 84.5 Å².